The third kappa shape index (κ3) is 2.44. The standard InChI is InChI=1S/C18H11N5O2S/c24-18(10-1-3-15-16(7-10)23-26-22-15)19-12-2-4-14-13(8-12)17(21-20-14)11-5-6-25-9-11/h1-9H,(H,19,24)(H,20,21). The second-order valence-corrected chi connectivity index (χ2v) is 6.29. The van der Waals surface area contributed by atoms with Crippen LogP contribution in [0.5, 0.6) is 0 Å². The molecule has 3 heterocycles. The Morgan fingerprint density at radius 1 is 1.08 bits per heavy atom. The normalized spacial score (nSPS) is 11.2. The quantitative estimate of drug-likeness (QED) is 0.505. The van der Waals surface area contributed by atoms with E-state index in [1.54, 1.807) is 30.7 Å². The van der Waals surface area contributed by atoms with Gasteiger partial charge in [0.25, 0.3) is 5.91 Å². The predicted octanol–water partition coefficient (Wildman–Crippen LogP) is 4.08. The molecule has 3 aromatic heterocycles. The number of aromatic amines is 1. The maximum Gasteiger partial charge on any atom is 0.255 e. The molecule has 0 aliphatic carbocycles. The first-order valence-corrected chi connectivity index (χ1v) is 8.55. The number of nitrogens with one attached hydrogen (secondary N) is 2. The zero-order valence-corrected chi connectivity index (χ0v) is 14.1. The van der Waals surface area contributed by atoms with Crippen LogP contribution in [0.2, 0.25) is 0 Å². The molecular formula is C18H11N5O2S. The van der Waals surface area contributed by atoms with Crippen LogP contribution in [0.3, 0.4) is 0 Å². The first-order chi connectivity index (χ1) is 12.8. The Morgan fingerprint density at radius 2 is 2.00 bits per heavy atom. The summed E-state index contributed by atoms with van der Waals surface area (Å²) >= 11 is 1.13. The lowest BCUT2D eigenvalue weighted by Gasteiger charge is -2.06. The summed E-state index contributed by atoms with van der Waals surface area (Å²) in [5.74, 6) is -0.201. The first kappa shape index (κ1) is 14.8. The molecule has 0 aliphatic rings. The van der Waals surface area contributed by atoms with E-state index in [9.17, 15) is 4.79 Å². The largest absolute Gasteiger partial charge is 0.472 e. The fourth-order valence-electron chi connectivity index (χ4n) is 2.84. The van der Waals surface area contributed by atoms with Gasteiger partial charge >= 0.3 is 0 Å². The number of anilines is 1. The SMILES string of the molecule is O=C(Nc1ccc2[nH]nc(-c3ccoc3)c2c1)c1ccc2nsnc2c1. The average Bonchev–Trinajstić information content (AvgIpc) is 3.40. The number of aromatic nitrogens is 4. The molecule has 0 bridgehead atoms. The number of hydrogen-bond acceptors (Lipinski definition) is 6. The lowest BCUT2D eigenvalue weighted by atomic mass is 10.1. The molecular weight excluding hydrogens is 350 g/mol. The van der Waals surface area contributed by atoms with Crippen LogP contribution in [0.4, 0.5) is 5.69 Å². The summed E-state index contributed by atoms with van der Waals surface area (Å²) in [6.45, 7) is 0. The maximum atomic E-state index is 12.6. The van der Waals surface area contributed by atoms with E-state index in [4.69, 9.17) is 4.42 Å². The molecule has 0 fully saturated rings. The molecule has 8 heteroatoms. The molecule has 0 radical (unpaired) electrons. The van der Waals surface area contributed by atoms with Crippen LogP contribution in [0.1, 0.15) is 10.4 Å². The summed E-state index contributed by atoms with van der Waals surface area (Å²) in [4.78, 5) is 12.6. The van der Waals surface area contributed by atoms with Crippen LogP contribution in [-0.4, -0.2) is 24.9 Å². The van der Waals surface area contributed by atoms with E-state index in [-0.39, 0.29) is 5.91 Å². The number of furan rings is 1. The average molecular weight is 361 g/mol. The van der Waals surface area contributed by atoms with Gasteiger partial charge in [0.2, 0.25) is 0 Å². The number of hydrogen-bond donors (Lipinski definition) is 2. The molecule has 0 saturated heterocycles. The van der Waals surface area contributed by atoms with E-state index < -0.39 is 0 Å². The lowest BCUT2D eigenvalue weighted by molar-refractivity contribution is 0.102. The van der Waals surface area contributed by atoms with Crippen LogP contribution in [0.15, 0.2) is 59.4 Å². The molecule has 0 atom stereocenters. The molecule has 5 rings (SSSR count). The summed E-state index contributed by atoms with van der Waals surface area (Å²) in [5, 5.41) is 11.1. The van der Waals surface area contributed by atoms with Crippen molar-refractivity contribution < 1.29 is 9.21 Å². The van der Waals surface area contributed by atoms with Crippen molar-refractivity contribution in [3.05, 3.63) is 60.6 Å². The molecule has 2 N–H and O–H groups in total. The van der Waals surface area contributed by atoms with Gasteiger partial charge in [-0.25, -0.2) is 0 Å². The molecule has 0 unspecified atom stereocenters. The van der Waals surface area contributed by atoms with Gasteiger partial charge in [0.15, 0.2) is 0 Å². The van der Waals surface area contributed by atoms with Crippen molar-refractivity contribution in [1.82, 2.24) is 18.9 Å². The number of amides is 1. The van der Waals surface area contributed by atoms with Gasteiger partial charge in [0, 0.05) is 22.2 Å². The lowest BCUT2D eigenvalue weighted by Crippen LogP contribution is -2.11. The van der Waals surface area contributed by atoms with Crippen LogP contribution in [-0.2, 0) is 0 Å². The Hall–Kier alpha value is -3.52. The predicted molar refractivity (Wildman–Crippen MR) is 99.2 cm³/mol. The van der Waals surface area contributed by atoms with Crippen LogP contribution >= 0.6 is 11.7 Å². The third-order valence-corrected chi connectivity index (χ3v) is 4.69. The Balaban J connectivity index is 1.48. The molecule has 26 heavy (non-hydrogen) atoms. The molecule has 0 spiro atoms. The Morgan fingerprint density at radius 3 is 2.88 bits per heavy atom. The minimum atomic E-state index is -0.201. The number of fused-ring (bicyclic) bond motifs is 2. The van der Waals surface area contributed by atoms with Crippen molar-refractivity contribution in [2.24, 2.45) is 0 Å². The van der Waals surface area contributed by atoms with Gasteiger partial charge in [-0.1, -0.05) is 0 Å². The van der Waals surface area contributed by atoms with E-state index in [1.165, 1.54) is 0 Å². The van der Waals surface area contributed by atoms with Crippen LogP contribution < -0.4 is 5.32 Å². The molecule has 7 nitrogen and oxygen atoms in total. The second-order valence-electron chi connectivity index (χ2n) is 5.77. The fourth-order valence-corrected chi connectivity index (χ4v) is 3.36. The van der Waals surface area contributed by atoms with Gasteiger partial charge in [0.1, 0.15) is 16.7 Å². The van der Waals surface area contributed by atoms with Crippen LogP contribution in [0, 0.1) is 0 Å². The molecule has 0 saturated carbocycles. The summed E-state index contributed by atoms with van der Waals surface area (Å²) in [7, 11) is 0. The highest BCUT2D eigenvalue weighted by Crippen LogP contribution is 2.29. The molecule has 126 valence electrons. The minimum absolute atomic E-state index is 0.201. The number of H-pyrrole nitrogens is 1. The smallest absolute Gasteiger partial charge is 0.255 e. The van der Waals surface area contributed by atoms with E-state index in [2.05, 4.69) is 24.3 Å². The van der Waals surface area contributed by atoms with E-state index >= 15 is 0 Å². The molecule has 0 aliphatic heterocycles. The summed E-state index contributed by atoms with van der Waals surface area (Å²) in [5.41, 5.74) is 5.26. The number of carbonyl (C=O) groups is 1. The van der Waals surface area contributed by atoms with Crippen LogP contribution in [0.25, 0.3) is 33.2 Å². The zero-order valence-electron chi connectivity index (χ0n) is 13.3. The zero-order chi connectivity index (χ0) is 17.5. The highest BCUT2D eigenvalue weighted by Gasteiger charge is 2.12. The number of rotatable bonds is 3. The van der Waals surface area contributed by atoms with Gasteiger partial charge in [-0.05, 0) is 42.5 Å². The minimum Gasteiger partial charge on any atom is -0.472 e. The van der Waals surface area contributed by atoms with Gasteiger partial charge in [-0.15, -0.1) is 0 Å². The highest BCUT2D eigenvalue weighted by atomic mass is 32.1. The van der Waals surface area contributed by atoms with Crippen molar-refractivity contribution in [3.63, 3.8) is 0 Å². The van der Waals surface area contributed by atoms with Crippen molar-refractivity contribution in [1.29, 1.82) is 0 Å². The summed E-state index contributed by atoms with van der Waals surface area (Å²) in [6.07, 6.45) is 3.24. The third-order valence-electron chi connectivity index (χ3n) is 4.13. The van der Waals surface area contributed by atoms with Gasteiger partial charge in [-0.3, -0.25) is 9.89 Å². The van der Waals surface area contributed by atoms with Gasteiger partial charge in [-0.2, -0.15) is 13.8 Å². The maximum absolute atomic E-state index is 12.6. The van der Waals surface area contributed by atoms with Crippen molar-refractivity contribution in [2.75, 3.05) is 5.32 Å². The number of carbonyl (C=O) groups excluding carboxylic acids is 1. The first-order valence-electron chi connectivity index (χ1n) is 7.82. The Labute approximate surface area is 151 Å². The highest BCUT2D eigenvalue weighted by molar-refractivity contribution is 7.00. The van der Waals surface area contributed by atoms with Gasteiger partial charge in [0.05, 0.1) is 29.8 Å². The molecule has 1 amide bonds. The second kappa shape index (κ2) is 5.78. The van der Waals surface area contributed by atoms with E-state index in [0.29, 0.717) is 11.3 Å². The summed E-state index contributed by atoms with van der Waals surface area (Å²) < 4.78 is 13.5. The number of benzene rings is 2. The fraction of sp³-hybridized carbons (Fsp3) is 0. The van der Waals surface area contributed by atoms with E-state index in [1.807, 2.05) is 24.3 Å². The Bertz CT molecular complexity index is 1240. The number of nitrogens with zero attached hydrogens (tertiary/aromatic N) is 3. The topological polar surface area (TPSA) is 96.7 Å². The van der Waals surface area contributed by atoms with Crippen molar-refractivity contribution in [3.8, 4) is 11.3 Å². The van der Waals surface area contributed by atoms with Crippen molar-refractivity contribution in [2.45, 2.75) is 0 Å². The van der Waals surface area contributed by atoms with Gasteiger partial charge < -0.3 is 9.73 Å². The summed E-state index contributed by atoms with van der Waals surface area (Å²) in [6, 6.07) is 12.7. The monoisotopic (exact) mass is 361 g/mol. The van der Waals surface area contributed by atoms with Crippen molar-refractivity contribution >= 4 is 45.3 Å². The molecule has 5 aromatic rings. The molecule has 2 aromatic carbocycles. The Kier molecular flexibility index (Phi) is 3.29. The van der Waals surface area contributed by atoms with E-state index in [0.717, 1.165) is 44.9 Å².